The number of benzene rings is 1. The van der Waals surface area contributed by atoms with E-state index in [1.807, 2.05) is 44.2 Å². The molecular formula is C26H36O7. The molecule has 0 aromatic heterocycles. The normalized spacial score (nSPS) is 36.8. The minimum atomic E-state index is -1.36. The van der Waals surface area contributed by atoms with E-state index in [9.17, 15) is 19.8 Å². The van der Waals surface area contributed by atoms with E-state index in [4.69, 9.17) is 14.2 Å². The second-order valence-electron chi connectivity index (χ2n) is 10.1. The molecule has 2 aliphatic heterocycles. The van der Waals surface area contributed by atoms with Crippen molar-refractivity contribution in [1.82, 2.24) is 0 Å². The first-order chi connectivity index (χ1) is 15.4. The highest BCUT2D eigenvalue weighted by Crippen LogP contribution is 2.45. The Bertz CT molecular complexity index is 859. The third-order valence-electron chi connectivity index (χ3n) is 6.80. The van der Waals surface area contributed by atoms with E-state index in [1.165, 1.54) is 13.0 Å². The number of hydrogen-bond acceptors (Lipinski definition) is 7. The molecule has 7 atom stereocenters. The monoisotopic (exact) mass is 460 g/mol. The molecule has 0 unspecified atom stereocenters. The van der Waals surface area contributed by atoms with Crippen molar-refractivity contribution < 1.29 is 34.0 Å². The van der Waals surface area contributed by atoms with Gasteiger partial charge in [0.1, 0.15) is 23.9 Å². The van der Waals surface area contributed by atoms with E-state index in [0.717, 1.165) is 5.56 Å². The smallest absolute Gasteiger partial charge is 0.331 e. The van der Waals surface area contributed by atoms with E-state index in [2.05, 4.69) is 0 Å². The van der Waals surface area contributed by atoms with Crippen LogP contribution in [0.3, 0.4) is 0 Å². The van der Waals surface area contributed by atoms with Crippen LogP contribution in [0.5, 0.6) is 0 Å². The number of aliphatic hydroxyl groups is 2. The van der Waals surface area contributed by atoms with Crippen molar-refractivity contribution in [1.29, 1.82) is 0 Å². The van der Waals surface area contributed by atoms with E-state index in [-0.39, 0.29) is 31.1 Å². The molecule has 0 amide bonds. The lowest BCUT2D eigenvalue weighted by molar-refractivity contribution is -0.167. The minimum Gasteiger partial charge on any atom is -0.460 e. The van der Waals surface area contributed by atoms with Crippen LogP contribution in [0.1, 0.15) is 59.4 Å². The summed E-state index contributed by atoms with van der Waals surface area (Å²) >= 11 is 0. The fraction of sp³-hybridized carbons (Fsp3) is 0.615. The Hall–Kier alpha value is -2.22. The lowest BCUT2D eigenvalue weighted by Gasteiger charge is -2.38. The maximum atomic E-state index is 12.7. The SMILES string of the molecule is CC(=O)O[C@@H]1CC[C@@](C)(O)[C@@H]2O[C@H](C[C@@]1(C)O)[C@@H](C(C)C)[C@H]2OC(=O)C=Cc1ccccc1. The predicted molar refractivity (Wildman–Crippen MR) is 123 cm³/mol. The summed E-state index contributed by atoms with van der Waals surface area (Å²) in [7, 11) is 0. The van der Waals surface area contributed by atoms with Crippen LogP contribution in [-0.4, -0.2) is 57.8 Å². The van der Waals surface area contributed by atoms with Crippen molar-refractivity contribution in [2.45, 2.75) is 89.5 Å². The highest BCUT2D eigenvalue weighted by atomic mass is 16.6. The summed E-state index contributed by atoms with van der Waals surface area (Å²) < 4.78 is 17.6. The van der Waals surface area contributed by atoms with Crippen molar-refractivity contribution >= 4 is 18.0 Å². The molecule has 1 aromatic carbocycles. The first-order valence-corrected chi connectivity index (χ1v) is 11.6. The molecule has 7 heteroatoms. The van der Waals surface area contributed by atoms with Gasteiger partial charge in [0.25, 0.3) is 0 Å². The van der Waals surface area contributed by atoms with Crippen molar-refractivity contribution in [2.24, 2.45) is 11.8 Å². The summed E-state index contributed by atoms with van der Waals surface area (Å²) in [5.74, 6) is -1.20. The highest BCUT2D eigenvalue weighted by molar-refractivity contribution is 5.87. The minimum absolute atomic E-state index is 0.0501. The Kier molecular flexibility index (Phi) is 7.66. The Balaban J connectivity index is 1.87. The van der Waals surface area contributed by atoms with Gasteiger partial charge in [0.05, 0.1) is 11.7 Å². The standard InChI is InChI=1S/C26H36O7/c1-16(2)22-19-15-26(5,30)20(31-17(3)27)13-14-25(4,29)24(32-19)23(22)33-21(28)12-11-18-9-7-6-8-10-18/h6-12,16,19-20,22-24,29-30H,13-15H2,1-5H3/t19-,20-,22-,23-,24-,25-,26-/m1/s1. The van der Waals surface area contributed by atoms with E-state index in [0.29, 0.717) is 0 Å². The molecule has 7 nitrogen and oxygen atoms in total. The predicted octanol–water partition coefficient (Wildman–Crippen LogP) is 3.27. The van der Waals surface area contributed by atoms with Crippen molar-refractivity contribution in [2.75, 3.05) is 0 Å². The van der Waals surface area contributed by atoms with Gasteiger partial charge in [-0.1, -0.05) is 44.2 Å². The third-order valence-corrected chi connectivity index (χ3v) is 6.80. The van der Waals surface area contributed by atoms with Crippen LogP contribution in [0.25, 0.3) is 6.08 Å². The van der Waals surface area contributed by atoms with Crippen molar-refractivity contribution in [3.05, 3.63) is 42.0 Å². The molecule has 2 aliphatic rings. The molecule has 3 rings (SSSR count). The Morgan fingerprint density at radius 1 is 1.12 bits per heavy atom. The largest absolute Gasteiger partial charge is 0.460 e. The Morgan fingerprint density at radius 2 is 1.79 bits per heavy atom. The molecule has 0 radical (unpaired) electrons. The summed E-state index contributed by atoms with van der Waals surface area (Å²) in [6.45, 7) is 8.58. The van der Waals surface area contributed by atoms with Crippen LogP contribution in [0, 0.1) is 11.8 Å². The van der Waals surface area contributed by atoms with Gasteiger partial charge >= 0.3 is 11.9 Å². The van der Waals surface area contributed by atoms with Gasteiger partial charge in [-0.15, -0.1) is 0 Å². The fourth-order valence-corrected chi connectivity index (χ4v) is 5.11. The zero-order valence-corrected chi connectivity index (χ0v) is 20.1. The molecule has 2 heterocycles. The van der Waals surface area contributed by atoms with Gasteiger partial charge in [-0.05, 0) is 44.2 Å². The molecule has 0 spiro atoms. The fourth-order valence-electron chi connectivity index (χ4n) is 5.11. The molecule has 0 saturated carbocycles. The number of rotatable bonds is 5. The summed E-state index contributed by atoms with van der Waals surface area (Å²) in [5.41, 5.74) is -1.84. The second kappa shape index (κ2) is 9.95. The maximum Gasteiger partial charge on any atom is 0.331 e. The van der Waals surface area contributed by atoms with E-state index >= 15 is 0 Å². The molecule has 2 fully saturated rings. The van der Waals surface area contributed by atoms with Gasteiger partial charge in [-0.25, -0.2) is 4.79 Å². The van der Waals surface area contributed by atoms with Gasteiger partial charge in [0, 0.05) is 25.3 Å². The van der Waals surface area contributed by atoms with E-state index < -0.39 is 47.6 Å². The maximum absolute atomic E-state index is 12.7. The third kappa shape index (κ3) is 6.02. The molecule has 33 heavy (non-hydrogen) atoms. The van der Waals surface area contributed by atoms with Crippen LogP contribution in [0.15, 0.2) is 36.4 Å². The first kappa shape index (κ1) is 25.4. The van der Waals surface area contributed by atoms with Crippen molar-refractivity contribution in [3.8, 4) is 0 Å². The number of ether oxygens (including phenoxy) is 3. The van der Waals surface area contributed by atoms with Crippen LogP contribution >= 0.6 is 0 Å². The molecular weight excluding hydrogens is 424 g/mol. The number of fused-ring (bicyclic) bond motifs is 2. The summed E-state index contributed by atoms with van der Waals surface area (Å²) in [5, 5.41) is 22.6. The topological polar surface area (TPSA) is 102 Å². The number of carbonyl (C=O) groups is 2. The summed E-state index contributed by atoms with van der Waals surface area (Å²) in [6.07, 6.45) is 1.01. The quantitative estimate of drug-likeness (QED) is 0.514. The van der Waals surface area contributed by atoms with E-state index in [1.54, 1.807) is 19.9 Å². The van der Waals surface area contributed by atoms with Gasteiger partial charge in [0.15, 0.2) is 0 Å². The lowest BCUT2D eigenvalue weighted by atomic mass is 9.75. The van der Waals surface area contributed by atoms with Crippen LogP contribution in [0.4, 0.5) is 0 Å². The van der Waals surface area contributed by atoms with Gasteiger partial charge in [0.2, 0.25) is 0 Å². The number of esters is 2. The average molecular weight is 461 g/mol. The molecule has 2 N–H and O–H groups in total. The zero-order valence-electron chi connectivity index (χ0n) is 20.1. The number of hydrogen-bond donors (Lipinski definition) is 2. The molecule has 182 valence electrons. The molecule has 0 aliphatic carbocycles. The molecule has 2 bridgehead atoms. The Labute approximate surface area is 195 Å². The van der Waals surface area contributed by atoms with Crippen LogP contribution in [-0.2, 0) is 23.8 Å². The van der Waals surface area contributed by atoms with Gasteiger partial charge in [-0.2, -0.15) is 0 Å². The summed E-state index contributed by atoms with van der Waals surface area (Å²) in [6, 6.07) is 9.44. The average Bonchev–Trinajstić information content (AvgIpc) is 3.08. The first-order valence-electron chi connectivity index (χ1n) is 11.6. The molecule has 2 saturated heterocycles. The van der Waals surface area contributed by atoms with Gasteiger partial charge < -0.3 is 24.4 Å². The highest BCUT2D eigenvalue weighted by Gasteiger charge is 2.57. The lowest BCUT2D eigenvalue weighted by Crippen LogP contribution is -2.51. The summed E-state index contributed by atoms with van der Waals surface area (Å²) in [4.78, 5) is 24.4. The second-order valence-corrected chi connectivity index (χ2v) is 10.1. The zero-order chi connectivity index (χ0) is 24.4. The van der Waals surface area contributed by atoms with Crippen LogP contribution < -0.4 is 0 Å². The Morgan fingerprint density at radius 3 is 2.39 bits per heavy atom. The van der Waals surface area contributed by atoms with Gasteiger partial charge in [-0.3, -0.25) is 4.79 Å². The van der Waals surface area contributed by atoms with Crippen LogP contribution in [0.2, 0.25) is 0 Å². The molecule has 1 aromatic rings. The van der Waals surface area contributed by atoms with Crippen molar-refractivity contribution in [3.63, 3.8) is 0 Å². The number of carbonyl (C=O) groups excluding carboxylic acids is 2.